The third kappa shape index (κ3) is 5.44. The molecule has 1 amide bonds. The number of pyridine rings is 1. The highest BCUT2D eigenvalue weighted by atomic mass is 16.6. The minimum Gasteiger partial charge on any atom is -0.491 e. The Kier molecular flexibility index (Phi) is 6.83. The predicted molar refractivity (Wildman–Crippen MR) is 113 cm³/mol. The van der Waals surface area contributed by atoms with Crippen LogP contribution in [0.5, 0.6) is 5.75 Å². The van der Waals surface area contributed by atoms with Crippen molar-refractivity contribution in [2.75, 3.05) is 25.5 Å². The zero-order valence-corrected chi connectivity index (χ0v) is 17.2. The van der Waals surface area contributed by atoms with Crippen LogP contribution in [-0.4, -0.2) is 40.5 Å². The first-order valence-corrected chi connectivity index (χ1v) is 9.89. The molecule has 30 heavy (non-hydrogen) atoms. The number of piperidine rings is 1. The zero-order valence-electron chi connectivity index (χ0n) is 17.2. The van der Waals surface area contributed by atoms with Gasteiger partial charge >= 0.3 is 0 Å². The van der Waals surface area contributed by atoms with E-state index < -0.39 is 4.92 Å². The van der Waals surface area contributed by atoms with E-state index in [9.17, 15) is 19.7 Å². The van der Waals surface area contributed by atoms with Gasteiger partial charge in [-0.3, -0.25) is 24.6 Å². The second-order valence-electron chi connectivity index (χ2n) is 7.64. The lowest BCUT2D eigenvalue weighted by molar-refractivity contribution is -0.384. The molecule has 0 spiro atoms. The van der Waals surface area contributed by atoms with E-state index in [1.165, 1.54) is 37.6 Å². The van der Waals surface area contributed by atoms with Crippen molar-refractivity contribution in [2.45, 2.75) is 32.9 Å². The number of hydrogen-bond donors (Lipinski definition) is 1. The van der Waals surface area contributed by atoms with Crippen molar-refractivity contribution in [1.29, 1.82) is 0 Å². The highest BCUT2D eigenvalue weighted by Gasteiger charge is 2.19. The molecule has 1 aliphatic heterocycles. The summed E-state index contributed by atoms with van der Waals surface area (Å²) in [6.07, 6.45) is 3.75. The van der Waals surface area contributed by atoms with Crippen molar-refractivity contribution in [1.82, 2.24) is 9.47 Å². The molecule has 0 unspecified atom stereocenters. The fourth-order valence-electron chi connectivity index (χ4n) is 3.53. The third-order valence-corrected chi connectivity index (χ3v) is 5.32. The van der Waals surface area contributed by atoms with Crippen molar-refractivity contribution < 1.29 is 14.5 Å². The molecule has 0 bridgehead atoms. The lowest BCUT2D eigenvalue weighted by atomic mass is 9.99. The van der Waals surface area contributed by atoms with E-state index in [-0.39, 0.29) is 29.3 Å². The van der Waals surface area contributed by atoms with Gasteiger partial charge in [-0.15, -0.1) is 0 Å². The molecule has 0 aliphatic carbocycles. The molecular formula is C21H26N4O5. The molecule has 1 fully saturated rings. The fraction of sp³-hybridized carbons (Fsp3) is 0.429. The number of ether oxygens (including phenoxy) is 1. The highest BCUT2D eigenvalue weighted by molar-refractivity contribution is 5.90. The quantitative estimate of drug-likeness (QED) is 0.551. The maximum absolute atomic E-state index is 12.6. The molecule has 1 N–H and O–H groups in total. The standard InChI is InChI=1S/C21H26N4O5/c1-15-6-8-23(9-7-15)12-18-11-19(26)20(30-2)13-24(18)14-21(27)22-16-4-3-5-17(10-16)25(28)29/h3-5,10-11,13,15H,6-9,12,14H2,1-2H3,(H,22,27). The van der Waals surface area contributed by atoms with Gasteiger partial charge in [0.25, 0.3) is 5.69 Å². The van der Waals surface area contributed by atoms with Gasteiger partial charge in [0.1, 0.15) is 6.54 Å². The Bertz CT molecular complexity index is 980. The minimum atomic E-state index is -0.514. The van der Waals surface area contributed by atoms with Crippen molar-refractivity contribution in [3.63, 3.8) is 0 Å². The van der Waals surface area contributed by atoms with Crippen molar-refractivity contribution in [3.8, 4) is 5.75 Å². The zero-order chi connectivity index (χ0) is 21.7. The number of rotatable bonds is 7. The summed E-state index contributed by atoms with van der Waals surface area (Å²) in [4.78, 5) is 37.6. The van der Waals surface area contributed by atoms with Crippen LogP contribution in [0.4, 0.5) is 11.4 Å². The first-order chi connectivity index (χ1) is 14.4. The molecule has 160 valence electrons. The van der Waals surface area contributed by atoms with Crippen LogP contribution in [0, 0.1) is 16.0 Å². The Morgan fingerprint density at radius 2 is 2.03 bits per heavy atom. The van der Waals surface area contributed by atoms with E-state index in [0.717, 1.165) is 31.6 Å². The Labute approximate surface area is 174 Å². The first kappa shape index (κ1) is 21.5. The van der Waals surface area contributed by atoms with Gasteiger partial charge in [0.2, 0.25) is 11.3 Å². The maximum Gasteiger partial charge on any atom is 0.271 e. The summed E-state index contributed by atoms with van der Waals surface area (Å²) in [5.74, 6) is 0.504. The molecule has 1 saturated heterocycles. The number of amides is 1. The van der Waals surface area contributed by atoms with Crippen molar-refractivity contribution >= 4 is 17.3 Å². The molecule has 1 aliphatic rings. The van der Waals surface area contributed by atoms with Gasteiger partial charge in [0.15, 0.2) is 5.75 Å². The maximum atomic E-state index is 12.6. The van der Waals surface area contributed by atoms with Crippen molar-refractivity contribution in [2.24, 2.45) is 5.92 Å². The summed E-state index contributed by atoms with van der Waals surface area (Å²) in [6, 6.07) is 7.28. The van der Waals surface area contributed by atoms with Crippen LogP contribution in [-0.2, 0) is 17.9 Å². The normalized spacial score (nSPS) is 15.0. The number of nitro benzene ring substituents is 1. The lowest BCUT2D eigenvalue weighted by Crippen LogP contribution is -2.34. The third-order valence-electron chi connectivity index (χ3n) is 5.32. The van der Waals surface area contributed by atoms with Crippen LogP contribution in [0.3, 0.4) is 0 Å². The number of nitro groups is 1. The monoisotopic (exact) mass is 414 g/mol. The van der Waals surface area contributed by atoms with Crippen LogP contribution < -0.4 is 15.5 Å². The number of aromatic nitrogens is 1. The number of carbonyl (C=O) groups is 1. The number of nitrogens with one attached hydrogen (secondary N) is 1. The molecule has 1 aromatic heterocycles. The Morgan fingerprint density at radius 1 is 1.30 bits per heavy atom. The number of methoxy groups -OCH3 is 1. The fourth-order valence-corrected chi connectivity index (χ4v) is 3.53. The summed E-state index contributed by atoms with van der Waals surface area (Å²) in [5, 5.41) is 13.6. The van der Waals surface area contributed by atoms with Crippen molar-refractivity contribution in [3.05, 3.63) is 62.6 Å². The molecule has 1 aromatic carbocycles. The van der Waals surface area contributed by atoms with Gasteiger partial charge in [-0.05, 0) is 37.9 Å². The second kappa shape index (κ2) is 9.53. The lowest BCUT2D eigenvalue weighted by Gasteiger charge is -2.31. The average Bonchev–Trinajstić information content (AvgIpc) is 2.71. The summed E-state index contributed by atoms with van der Waals surface area (Å²) < 4.78 is 6.83. The second-order valence-corrected chi connectivity index (χ2v) is 7.64. The largest absolute Gasteiger partial charge is 0.491 e. The van der Waals surface area contributed by atoms with E-state index in [4.69, 9.17) is 4.74 Å². The molecule has 0 atom stereocenters. The Morgan fingerprint density at radius 3 is 2.70 bits per heavy atom. The molecule has 3 rings (SSSR count). The van der Waals surface area contributed by atoms with Crippen LogP contribution in [0.2, 0.25) is 0 Å². The molecular weight excluding hydrogens is 388 g/mol. The summed E-state index contributed by atoms with van der Waals surface area (Å²) >= 11 is 0. The topological polar surface area (TPSA) is 107 Å². The number of hydrogen-bond acceptors (Lipinski definition) is 6. The molecule has 9 nitrogen and oxygen atoms in total. The highest BCUT2D eigenvalue weighted by Crippen LogP contribution is 2.19. The minimum absolute atomic E-state index is 0.0427. The average molecular weight is 414 g/mol. The van der Waals surface area contributed by atoms with E-state index in [1.54, 1.807) is 10.6 Å². The molecule has 2 aromatic rings. The van der Waals surface area contributed by atoms with Gasteiger partial charge in [0, 0.05) is 36.1 Å². The summed E-state index contributed by atoms with van der Waals surface area (Å²) in [6.45, 7) is 4.65. The molecule has 0 radical (unpaired) electrons. The van der Waals surface area contributed by atoms with Gasteiger partial charge in [0.05, 0.1) is 18.2 Å². The Balaban J connectivity index is 1.77. The van der Waals surface area contributed by atoms with Gasteiger partial charge in [-0.2, -0.15) is 0 Å². The number of benzene rings is 1. The number of carbonyl (C=O) groups excluding carboxylic acids is 1. The van der Waals surface area contributed by atoms with E-state index in [0.29, 0.717) is 18.2 Å². The first-order valence-electron chi connectivity index (χ1n) is 9.89. The van der Waals surface area contributed by atoms with Gasteiger partial charge < -0.3 is 14.6 Å². The molecule has 2 heterocycles. The van der Waals surface area contributed by atoms with E-state index >= 15 is 0 Å². The van der Waals surface area contributed by atoms with E-state index in [2.05, 4.69) is 17.1 Å². The van der Waals surface area contributed by atoms with Crippen LogP contribution in [0.15, 0.2) is 41.3 Å². The number of anilines is 1. The number of likely N-dealkylation sites (tertiary alicyclic amines) is 1. The number of non-ortho nitro benzene ring substituents is 1. The summed E-state index contributed by atoms with van der Waals surface area (Å²) in [7, 11) is 1.41. The molecule has 9 heteroatoms. The van der Waals surface area contributed by atoms with Crippen LogP contribution in [0.25, 0.3) is 0 Å². The van der Waals surface area contributed by atoms with Crippen LogP contribution >= 0.6 is 0 Å². The van der Waals surface area contributed by atoms with Gasteiger partial charge in [-0.25, -0.2) is 0 Å². The van der Waals surface area contributed by atoms with Gasteiger partial charge in [-0.1, -0.05) is 13.0 Å². The van der Waals surface area contributed by atoms with Crippen LogP contribution in [0.1, 0.15) is 25.5 Å². The SMILES string of the molecule is COc1cn(CC(=O)Nc2cccc([N+](=O)[O-])c2)c(CN2CCC(C)CC2)cc1=O. The summed E-state index contributed by atoms with van der Waals surface area (Å²) in [5.41, 5.74) is 0.740. The smallest absolute Gasteiger partial charge is 0.271 e. The molecule has 0 saturated carbocycles. The Hall–Kier alpha value is -3.20. The predicted octanol–water partition coefficient (Wildman–Crippen LogP) is 2.64. The van der Waals surface area contributed by atoms with E-state index in [1.807, 2.05) is 0 Å². The number of nitrogens with zero attached hydrogens (tertiary/aromatic N) is 3.